The highest BCUT2D eigenvalue weighted by atomic mass is 16.5. The van der Waals surface area contributed by atoms with Gasteiger partial charge >= 0.3 is 0 Å². The van der Waals surface area contributed by atoms with Crippen LogP contribution in [0.1, 0.15) is 19.4 Å². The number of morpholine rings is 1. The Hall–Kier alpha value is -1.46. The minimum atomic E-state index is -0.341. The third-order valence-electron chi connectivity index (χ3n) is 3.26. The molecule has 0 aliphatic carbocycles. The van der Waals surface area contributed by atoms with Crippen molar-refractivity contribution in [3.63, 3.8) is 0 Å². The Bertz CT molecular complexity index is 448. The summed E-state index contributed by atoms with van der Waals surface area (Å²) in [6.45, 7) is 5.68. The van der Waals surface area contributed by atoms with Gasteiger partial charge in [-0.15, -0.1) is 0 Å². The number of ether oxygens (including phenoxy) is 2. The Balaban J connectivity index is 2.01. The van der Waals surface area contributed by atoms with E-state index in [1.54, 1.807) is 19.5 Å². The number of hydrogen-bond acceptors (Lipinski definition) is 4. The highest BCUT2D eigenvalue weighted by Crippen LogP contribution is 2.21. The van der Waals surface area contributed by atoms with Crippen molar-refractivity contribution in [3.05, 3.63) is 30.1 Å². The van der Waals surface area contributed by atoms with Crippen molar-refractivity contribution < 1.29 is 14.3 Å². The zero-order chi connectivity index (χ0) is 14.6. The van der Waals surface area contributed by atoms with Crippen molar-refractivity contribution in [2.75, 3.05) is 26.8 Å². The van der Waals surface area contributed by atoms with Crippen LogP contribution in [0, 0.1) is 0 Å². The van der Waals surface area contributed by atoms with Gasteiger partial charge in [0.1, 0.15) is 0 Å². The molecule has 1 aromatic heterocycles. The molecule has 0 saturated carbocycles. The van der Waals surface area contributed by atoms with Gasteiger partial charge in [0.25, 0.3) is 0 Å². The summed E-state index contributed by atoms with van der Waals surface area (Å²) in [5.74, 6) is 0.107. The first-order valence-corrected chi connectivity index (χ1v) is 6.83. The highest BCUT2D eigenvalue weighted by Gasteiger charge is 2.35. The van der Waals surface area contributed by atoms with Gasteiger partial charge < -0.3 is 14.4 Å². The number of aromatic nitrogens is 1. The summed E-state index contributed by atoms with van der Waals surface area (Å²) in [6, 6.07) is 3.77. The lowest BCUT2D eigenvalue weighted by Crippen LogP contribution is -2.56. The summed E-state index contributed by atoms with van der Waals surface area (Å²) < 4.78 is 11.1. The van der Waals surface area contributed by atoms with Crippen LogP contribution < -0.4 is 0 Å². The fourth-order valence-corrected chi connectivity index (χ4v) is 2.55. The second kappa shape index (κ2) is 6.33. The van der Waals surface area contributed by atoms with Crippen LogP contribution in [0.4, 0.5) is 0 Å². The minimum absolute atomic E-state index is 0.0680. The van der Waals surface area contributed by atoms with Crippen molar-refractivity contribution in [2.24, 2.45) is 0 Å². The van der Waals surface area contributed by atoms with Gasteiger partial charge in [0.2, 0.25) is 5.91 Å². The summed E-state index contributed by atoms with van der Waals surface area (Å²) in [5, 5.41) is 0. The van der Waals surface area contributed by atoms with E-state index in [0.29, 0.717) is 26.1 Å². The van der Waals surface area contributed by atoms with E-state index >= 15 is 0 Å². The number of amides is 1. The molecule has 110 valence electrons. The average Bonchev–Trinajstić information content (AvgIpc) is 2.38. The largest absolute Gasteiger partial charge is 0.382 e. The van der Waals surface area contributed by atoms with Gasteiger partial charge in [0, 0.05) is 32.6 Å². The smallest absolute Gasteiger partial charge is 0.227 e. The van der Waals surface area contributed by atoms with Gasteiger partial charge in [-0.2, -0.15) is 0 Å². The monoisotopic (exact) mass is 278 g/mol. The Labute approximate surface area is 119 Å². The zero-order valence-electron chi connectivity index (χ0n) is 12.3. The van der Waals surface area contributed by atoms with Crippen molar-refractivity contribution in [1.29, 1.82) is 0 Å². The molecule has 0 unspecified atom stereocenters. The van der Waals surface area contributed by atoms with Gasteiger partial charge in [-0.3, -0.25) is 9.78 Å². The molecule has 5 nitrogen and oxygen atoms in total. The fraction of sp³-hybridized carbons (Fsp3) is 0.600. The summed E-state index contributed by atoms with van der Waals surface area (Å²) in [5.41, 5.74) is 0.594. The van der Waals surface area contributed by atoms with Gasteiger partial charge in [0.05, 0.1) is 24.7 Å². The van der Waals surface area contributed by atoms with Crippen LogP contribution in [-0.4, -0.2) is 54.3 Å². The lowest BCUT2D eigenvalue weighted by atomic mass is 10.0. The zero-order valence-corrected chi connectivity index (χ0v) is 12.3. The van der Waals surface area contributed by atoms with Crippen molar-refractivity contribution >= 4 is 5.91 Å². The molecule has 0 aromatic carbocycles. The van der Waals surface area contributed by atoms with E-state index in [-0.39, 0.29) is 17.6 Å². The van der Waals surface area contributed by atoms with E-state index in [4.69, 9.17) is 9.47 Å². The van der Waals surface area contributed by atoms with Gasteiger partial charge in [-0.05, 0) is 25.5 Å². The molecular formula is C15H22N2O3. The van der Waals surface area contributed by atoms with E-state index in [1.165, 1.54) is 0 Å². The molecule has 2 heterocycles. The molecule has 1 atom stereocenters. The molecule has 2 rings (SSSR count). The Morgan fingerprint density at radius 3 is 3.05 bits per heavy atom. The van der Waals surface area contributed by atoms with Crippen LogP contribution in [0.25, 0.3) is 0 Å². The maximum absolute atomic E-state index is 12.4. The number of carbonyl (C=O) groups excluding carboxylic acids is 1. The van der Waals surface area contributed by atoms with E-state index in [1.807, 2.05) is 30.9 Å². The molecule has 5 heteroatoms. The van der Waals surface area contributed by atoms with Crippen molar-refractivity contribution in [3.8, 4) is 0 Å². The summed E-state index contributed by atoms with van der Waals surface area (Å²) >= 11 is 0. The lowest BCUT2D eigenvalue weighted by molar-refractivity contribution is -0.168. The normalized spacial score (nSPS) is 21.8. The number of pyridine rings is 1. The van der Waals surface area contributed by atoms with Crippen LogP contribution in [-0.2, 0) is 20.7 Å². The predicted molar refractivity (Wildman–Crippen MR) is 75.3 cm³/mol. The molecule has 1 aliphatic heterocycles. The summed E-state index contributed by atoms with van der Waals surface area (Å²) in [4.78, 5) is 18.3. The first-order valence-electron chi connectivity index (χ1n) is 6.83. The molecule has 20 heavy (non-hydrogen) atoms. The molecule has 0 radical (unpaired) electrons. The number of carbonyl (C=O) groups is 1. The van der Waals surface area contributed by atoms with E-state index in [0.717, 1.165) is 5.56 Å². The second-order valence-electron chi connectivity index (χ2n) is 5.77. The van der Waals surface area contributed by atoms with Crippen LogP contribution in [0.3, 0.4) is 0 Å². The molecule has 0 spiro atoms. The van der Waals surface area contributed by atoms with Crippen molar-refractivity contribution in [1.82, 2.24) is 9.88 Å². The maximum Gasteiger partial charge on any atom is 0.227 e. The fourth-order valence-electron chi connectivity index (χ4n) is 2.55. The highest BCUT2D eigenvalue weighted by molar-refractivity contribution is 5.78. The van der Waals surface area contributed by atoms with Gasteiger partial charge in [-0.25, -0.2) is 0 Å². The van der Waals surface area contributed by atoms with Gasteiger partial charge in [0.15, 0.2) is 0 Å². The Morgan fingerprint density at radius 2 is 2.40 bits per heavy atom. The van der Waals surface area contributed by atoms with E-state index in [9.17, 15) is 4.79 Å². The first-order chi connectivity index (χ1) is 9.50. The summed E-state index contributed by atoms with van der Waals surface area (Å²) in [6.07, 6.45) is 3.75. The van der Waals surface area contributed by atoms with Crippen molar-refractivity contribution in [2.45, 2.75) is 32.0 Å². The molecule has 1 amide bonds. The molecule has 1 aromatic rings. The first kappa shape index (κ1) is 14.9. The Kier molecular flexibility index (Phi) is 4.73. The number of nitrogens with zero attached hydrogens (tertiary/aromatic N) is 2. The topological polar surface area (TPSA) is 51.7 Å². The average molecular weight is 278 g/mol. The number of rotatable bonds is 4. The lowest BCUT2D eigenvalue weighted by Gasteiger charge is -2.42. The third kappa shape index (κ3) is 4.02. The molecule has 1 saturated heterocycles. The predicted octanol–water partition coefficient (Wildman–Crippen LogP) is 1.28. The molecular weight excluding hydrogens is 256 g/mol. The van der Waals surface area contributed by atoms with Crippen LogP contribution in [0.5, 0.6) is 0 Å². The number of hydrogen-bond donors (Lipinski definition) is 0. The summed E-state index contributed by atoms with van der Waals surface area (Å²) in [7, 11) is 1.65. The molecule has 0 bridgehead atoms. The third-order valence-corrected chi connectivity index (χ3v) is 3.26. The quantitative estimate of drug-likeness (QED) is 0.832. The van der Waals surface area contributed by atoms with E-state index in [2.05, 4.69) is 4.98 Å². The van der Waals surface area contributed by atoms with Crippen LogP contribution in [0.15, 0.2) is 24.5 Å². The van der Waals surface area contributed by atoms with Crippen LogP contribution >= 0.6 is 0 Å². The minimum Gasteiger partial charge on any atom is -0.382 e. The molecule has 1 fully saturated rings. The van der Waals surface area contributed by atoms with E-state index < -0.39 is 0 Å². The SMILES string of the molecule is COC[C@@H]1CN(C(=O)Cc2cccnc2)CC(C)(C)O1. The Morgan fingerprint density at radius 1 is 1.60 bits per heavy atom. The maximum atomic E-state index is 12.4. The van der Waals surface area contributed by atoms with Crippen LogP contribution in [0.2, 0.25) is 0 Å². The number of methoxy groups -OCH3 is 1. The second-order valence-corrected chi connectivity index (χ2v) is 5.77. The molecule has 1 aliphatic rings. The van der Waals surface area contributed by atoms with Gasteiger partial charge in [-0.1, -0.05) is 6.07 Å². The standard InChI is InChI=1S/C15H22N2O3/c1-15(2)11-17(9-13(20-15)10-19-3)14(18)7-12-5-4-6-16-8-12/h4-6,8,13H,7,9-11H2,1-3H3/t13-/m0/s1. The molecule has 0 N–H and O–H groups in total.